The molecular formula is C19H14F2N6O. The number of benzene rings is 2. The minimum Gasteiger partial charge on any atom is -0.434 e. The van der Waals surface area contributed by atoms with E-state index >= 15 is 0 Å². The average molecular weight is 380 g/mol. The molecule has 0 radical (unpaired) electrons. The summed E-state index contributed by atoms with van der Waals surface area (Å²) in [6.07, 6.45) is 1.35. The van der Waals surface area contributed by atoms with Gasteiger partial charge in [-0.15, -0.1) is 0 Å². The second-order valence-electron chi connectivity index (χ2n) is 5.42. The van der Waals surface area contributed by atoms with Crippen LogP contribution in [0.4, 0.5) is 26.4 Å². The largest absolute Gasteiger partial charge is 0.434 e. The Morgan fingerprint density at radius 2 is 1.79 bits per heavy atom. The Labute approximate surface area is 159 Å². The van der Waals surface area contributed by atoms with Gasteiger partial charge >= 0.3 is 6.61 Å². The first-order valence-corrected chi connectivity index (χ1v) is 8.05. The Hall–Kier alpha value is -4.06. The van der Waals surface area contributed by atoms with Crippen LogP contribution >= 0.6 is 0 Å². The third-order valence-electron chi connectivity index (χ3n) is 3.48. The summed E-state index contributed by atoms with van der Waals surface area (Å²) in [6, 6.07) is 17.1. The van der Waals surface area contributed by atoms with E-state index in [0.29, 0.717) is 0 Å². The zero-order valence-corrected chi connectivity index (χ0v) is 14.4. The summed E-state index contributed by atoms with van der Waals surface area (Å²) in [7, 11) is 0. The fourth-order valence-electron chi connectivity index (χ4n) is 2.32. The molecule has 0 fully saturated rings. The van der Waals surface area contributed by atoms with Gasteiger partial charge in [0.25, 0.3) is 0 Å². The van der Waals surface area contributed by atoms with Crippen molar-refractivity contribution in [2.75, 3.05) is 11.1 Å². The van der Waals surface area contributed by atoms with Crippen molar-refractivity contribution in [2.24, 2.45) is 0 Å². The molecule has 3 N–H and O–H groups in total. The standard InChI is InChI=1S/C19H14F2N6O/c20-17(21)28-15-9-5-4-6-12(15)10-13(11-22)16-25-18(23)27-19(26-16)24-14-7-2-1-3-8-14/h1-10,17H,(H3,23,24,25,26,27)/b13-10+. The first-order chi connectivity index (χ1) is 13.5. The van der Waals surface area contributed by atoms with Crippen LogP contribution in [0.25, 0.3) is 11.6 Å². The van der Waals surface area contributed by atoms with Crippen LogP contribution in [0.1, 0.15) is 11.4 Å². The lowest BCUT2D eigenvalue weighted by atomic mass is 10.1. The summed E-state index contributed by atoms with van der Waals surface area (Å²) in [6.45, 7) is -2.99. The predicted octanol–water partition coefficient (Wildman–Crippen LogP) is 3.86. The Morgan fingerprint density at radius 1 is 1.07 bits per heavy atom. The summed E-state index contributed by atoms with van der Waals surface area (Å²) >= 11 is 0. The lowest BCUT2D eigenvalue weighted by molar-refractivity contribution is -0.0499. The molecule has 7 nitrogen and oxygen atoms in total. The minimum atomic E-state index is -2.99. The number of aromatic nitrogens is 3. The van der Waals surface area contributed by atoms with Crippen molar-refractivity contribution < 1.29 is 13.5 Å². The lowest BCUT2D eigenvalue weighted by Gasteiger charge is -2.09. The number of allylic oxidation sites excluding steroid dienone is 1. The zero-order chi connectivity index (χ0) is 19.9. The summed E-state index contributed by atoms with van der Waals surface area (Å²) in [5.74, 6) is -0.0242. The molecule has 1 heterocycles. The van der Waals surface area contributed by atoms with Gasteiger partial charge in [0.15, 0.2) is 5.82 Å². The van der Waals surface area contributed by atoms with Crippen molar-refractivity contribution in [3.05, 3.63) is 66.0 Å². The first-order valence-electron chi connectivity index (χ1n) is 8.05. The number of rotatable bonds is 6. The summed E-state index contributed by atoms with van der Waals surface area (Å²) in [5, 5.41) is 12.5. The molecule has 3 aromatic rings. The number of alkyl halides is 2. The van der Waals surface area contributed by atoms with Crippen molar-refractivity contribution in [3.8, 4) is 11.8 Å². The molecule has 0 aliphatic rings. The van der Waals surface area contributed by atoms with Crippen LogP contribution in [0.15, 0.2) is 54.6 Å². The van der Waals surface area contributed by atoms with Crippen LogP contribution in [-0.4, -0.2) is 21.6 Å². The minimum absolute atomic E-state index is 0.000260. The maximum absolute atomic E-state index is 12.6. The number of nitrogens with zero attached hydrogens (tertiary/aromatic N) is 4. The summed E-state index contributed by atoms with van der Waals surface area (Å²) < 4.78 is 29.7. The molecule has 140 valence electrons. The number of hydrogen-bond donors (Lipinski definition) is 2. The van der Waals surface area contributed by atoms with Gasteiger partial charge in [-0.2, -0.15) is 29.0 Å². The number of ether oxygens (including phenoxy) is 1. The fourth-order valence-corrected chi connectivity index (χ4v) is 2.32. The van der Waals surface area contributed by atoms with Crippen LogP contribution in [0, 0.1) is 11.3 Å². The van der Waals surface area contributed by atoms with Gasteiger partial charge in [0.05, 0.1) is 5.57 Å². The Kier molecular flexibility index (Phi) is 5.72. The van der Waals surface area contributed by atoms with E-state index in [-0.39, 0.29) is 34.6 Å². The van der Waals surface area contributed by atoms with E-state index in [1.54, 1.807) is 24.3 Å². The quantitative estimate of drug-likeness (QED) is 0.625. The molecule has 0 aliphatic carbocycles. The van der Waals surface area contributed by atoms with Gasteiger partial charge in [-0.3, -0.25) is 0 Å². The normalized spacial score (nSPS) is 11.1. The molecule has 0 unspecified atom stereocenters. The highest BCUT2D eigenvalue weighted by atomic mass is 19.3. The molecule has 0 atom stereocenters. The topological polar surface area (TPSA) is 110 Å². The van der Waals surface area contributed by atoms with Crippen LogP contribution in [-0.2, 0) is 0 Å². The van der Waals surface area contributed by atoms with Crippen molar-refractivity contribution in [1.29, 1.82) is 5.26 Å². The highest BCUT2D eigenvalue weighted by Gasteiger charge is 2.13. The molecule has 0 spiro atoms. The van der Waals surface area contributed by atoms with Crippen molar-refractivity contribution in [2.45, 2.75) is 6.61 Å². The predicted molar refractivity (Wildman–Crippen MR) is 101 cm³/mol. The molecule has 28 heavy (non-hydrogen) atoms. The lowest BCUT2D eigenvalue weighted by Crippen LogP contribution is -2.07. The van der Waals surface area contributed by atoms with Crippen molar-refractivity contribution >= 4 is 29.2 Å². The Bertz CT molecular complexity index is 1030. The summed E-state index contributed by atoms with van der Waals surface area (Å²) in [4.78, 5) is 12.2. The van der Waals surface area contributed by atoms with E-state index in [4.69, 9.17) is 5.73 Å². The van der Waals surface area contributed by atoms with Crippen LogP contribution < -0.4 is 15.8 Å². The second-order valence-corrected chi connectivity index (χ2v) is 5.42. The molecular weight excluding hydrogens is 366 g/mol. The number of para-hydroxylation sites is 2. The third kappa shape index (κ3) is 4.76. The number of anilines is 3. The molecule has 0 saturated heterocycles. The van der Waals surface area contributed by atoms with Crippen LogP contribution in [0.3, 0.4) is 0 Å². The molecule has 9 heteroatoms. The van der Waals surface area contributed by atoms with E-state index in [9.17, 15) is 14.0 Å². The molecule has 0 bridgehead atoms. The van der Waals surface area contributed by atoms with Crippen molar-refractivity contribution in [3.63, 3.8) is 0 Å². The number of nitrogen functional groups attached to an aromatic ring is 1. The second kappa shape index (κ2) is 8.55. The Morgan fingerprint density at radius 3 is 2.50 bits per heavy atom. The number of nitriles is 1. The number of nitrogens with two attached hydrogens (primary N) is 1. The Balaban J connectivity index is 1.97. The van der Waals surface area contributed by atoms with E-state index in [0.717, 1.165) is 5.69 Å². The zero-order valence-electron chi connectivity index (χ0n) is 14.4. The summed E-state index contributed by atoms with van der Waals surface area (Å²) in [5.41, 5.74) is 6.74. The van der Waals surface area contributed by atoms with Gasteiger partial charge < -0.3 is 15.8 Å². The third-order valence-corrected chi connectivity index (χ3v) is 3.48. The SMILES string of the molecule is N#C/C(=C\c1ccccc1OC(F)F)c1nc(N)nc(Nc2ccccc2)n1. The smallest absolute Gasteiger partial charge is 0.387 e. The number of hydrogen-bond acceptors (Lipinski definition) is 7. The maximum atomic E-state index is 12.6. The van der Waals surface area contributed by atoms with Gasteiger partial charge in [-0.05, 0) is 24.3 Å². The van der Waals surface area contributed by atoms with E-state index in [1.165, 1.54) is 18.2 Å². The van der Waals surface area contributed by atoms with E-state index in [2.05, 4.69) is 25.0 Å². The molecule has 0 aliphatic heterocycles. The van der Waals surface area contributed by atoms with Gasteiger partial charge in [-0.1, -0.05) is 36.4 Å². The first kappa shape index (κ1) is 18.7. The van der Waals surface area contributed by atoms with Gasteiger partial charge in [0.2, 0.25) is 11.9 Å². The van der Waals surface area contributed by atoms with Gasteiger partial charge in [-0.25, -0.2) is 0 Å². The molecule has 0 saturated carbocycles. The molecule has 3 rings (SSSR count). The number of nitrogens with one attached hydrogen (secondary N) is 1. The highest BCUT2D eigenvalue weighted by molar-refractivity contribution is 5.88. The van der Waals surface area contributed by atoms with Crippen molar-refractivity contribution in [1.82, 2.24) is 15.0 Å². The maximum Gasteiger partial charge on any atom is 0.387 e. The monoisotopic (exact) mass is 380 g/mol. The van der Waals surface area contributed by atoms with E-state index < -0.39 is 6.61 Å². The molecule has 2 aromatic carbocycles. The van der Waals surface area contributed by atoms with Gasteiger partial charge in [0.1, 0.15) is 11.8 Å². The molecule has 1 aromatic heterocycles. The van der Waals surface area contributed by atoms with Crippen LogP contribution in [0.2, 0.25) is 0 Å². The fraction of sp³-hybridized carbons (Fsp3) is 0.0526. The molecule has 0 amide bonds. The number of halogens is 2. The van der Waals surface area contributed by atoms with Crippen LogP contribution in [0.5, 0.6) is 5.75 Å². The van der Waals surface area contributed by atoms with E-state index in [1.807, 2.05) is 24.3 Å². The highest BCUT2D eigenvalue weighted by Crippen LogP contribution is 2.25. The average Bonchev–Trinajstić information content (AvgIpc) is 2.67. The van der Waals surface area contributed by atoms with Gasteiger partial charge in [0, 0.05) is 11.3 Å².